The fourth-order valence-electron chi connectivity index (χ4n) is 1.72. The van der Waals surface area contributed by atoms with Gasteiger partial charge < -0.3 is 0 Å². The quantitative estimate of drug-likeness (QED) is 0.764. The molecule has 0 aromatic heterocycles. The SMILES string of the molecule is O=C(CCS(=O)c1cc(Cl)ccc1Cl)c1ccccc1. The van der Waals surface area contributed by atoms with Crippen LogP contribution in [0.4, 0.5) is 0 Å². The number of hydrogen-bond donors (Lipinski definition) is 0. The normalized spacial score (nSPS) is 12.1. The number of hydrogen-bond acceptors (Lipinski definition) is 2. The van der Waals surface area contributed by atoms with E-state index in [-0.39, 0.29) is 18.0 Å². The van der Waals surface area contributed by atoms with E-state index in [0.717, 1.165) is 0 Å². The lowest BCUT2D eigenvalue weighted by atomic mass is 10.1. The van der Waals surface area contributed by atoms with Gasteiger partial charge in [0.25, 0.3) is 0 Å². The molecule has 0 heterocycles. The standard InChI is InChI=1S/C15H12Cl2O2S/c16-12-6-7-13(17)15(10-12)20(19)9-8-14(18)11-4-2-1-3-5-11/h1-7,10H,8-9H2. The summed E-state index contributed by atoms with van der Waals surface area (Å²) in [6.07, 6.45) is 0.208. The average Bonchev–Trinajstić information content (AvgIpc) is 2.47. The molecule has 2 aromatic rings. The minimum Gasteiger partial charge on any atom is -0.294 e. The lowest BCUT2D eigenvalue weighted by molar-refractivity contribution is 0.0989. The highest BCUT2D eigenvalue weighted by Crippen LogP contribution is 2.24. The summed E-state index contributed by atoms with van der Waals surface area (Å²) in [4.78, 5) is 12.4. The maximum absolute atomic E-state index is 12.2. The zero-order chi connectivity index (χ0) is 14.5. The number of ketones is 1. The van der Waals surface area contributed by atoms with Crippen molar-refractivity contribution < 1.29 is 9.00 Å². The van der Waals surface area contributed by atoms with Crippen molar-refractivity contribution in [3.05, 3.63) is 64.1 Å². The van der Waals surface area contributed by atoms with Gasteiger partial charge in [-0.25, -0.2) is 0 Å². The summed E-state index contributed by atoms with van der Waals surface area (Å²) in [5.74, 6) is 0.199. The van der Waals surface area contributed by atoms with Crippen molar-refractivity contribution in [2.45, 2.75) is 11.3 Å². The van der Waals surface area contributed by atoms with E-state index in [1.54, 1.807) is 42.5 Å². The molecule has 104 valence electrons. The number of rotatable bonds is 5. The molecule has 2 nitrogen and oxygen atoms in total. The molecule has 2 rings (SSSR count). The smallest absolute Gasteiger partial charge is 0.163 e. The van der Waals surface area contributed by atoms with E-state index >= 15 is 0 Å². The Morgan fingerprint density at radius 1 is 1.05 bits per heavy atom. The van der Waals surface area contributed by atoms with Crippen molar-refractivity contribution in [2.75, 3.05) is 5.75 Å². The summed E-state index contributed by atoms with van der Waals surface area (Å²) in [6, 6.07) is 13.8. The number of carbonyl (C=O) groups excluding carboxylic acids is 1. The zero-order valence-electron chi connectivity index (χ0n) is 10.5. The Morgan fingerprint density at radius 3 is 2.45 bits per heavy atom. The average molecular weight is 327 g/mol. The van der Waals surface area contributed by atoms with Gasteiger partial charge in [-0.15, -0.1) is 0 Å². The van der Waals surface area contributed by atoms with Gasteiger partial charge in [0.15, 0.2) is 5.78 Å². The van der Waals surface area contributed by atoms with Crippen LogP contribution in [-0.2, 0) is 10.8 Å². The fourth-order valence-corrected chi connectivity index (χ4v) is 3.46. The number of Topliss-reactive ketones (excluding diaryl/α,β-unsaturated/α-hetero) is 1. The maximum atomic E-state index is 12.2. The van der Waals surface area contributed by atoms with Crippen LogP contribution in [0.1, 0.15) is 16.8 Å². The highest BCUT2D eigenvalue weighted by molar-refractivity contribution is 7.85. The maximum Gasteiger partial charge on any atom is 0.163 e. The van der Waals surface area contributed by atoms with E-state index in [2.05, 4.69) is 0 Å². The van der Waals surface area contributed by atoms with E-state index in [0.29, 0.717) is 20.5 Å². The van der Waals surface area contributed by atoms with E-state index in [1.807, 2.05) is 6.07 Å². The predicted octanol–water partition coefficient (Wildman–Crippen LogP) is 4.37. The number of benzene rings is 2. The lowest BCUT2D eigenvalue weighted by Gasteiger charge is -2.05. The predicted molar refractivity (Wildman–Crippen MR) is 83.1 cm³/mol. The van der Waals surface area contributed by atoms with E-state index in [1.165, 1.54) is 0 Å². The molecule has 0 aliphatic heterocycles. The second-order valence-electron chi connectivity index (χ2n) is 4.16. The minimum absolute atomic E-state index is 0.0305. The van der Waals surface area contributed by atoms with Gasteiger partial charge in [-0.2, -0.15) is 0 Å². The van der Waals surface area contributed by atoms with Gasteiger partial charge in [0, 0.05) is 22.8 Å². The summed E-state index contributed by atoms with van der Waals surface area (Å²) in [5, 5.41) is 0.882. The second kappa shape index (κ2) is 7.02. The molecule has 0 radical (unpaired) electrons. The molecule has 20 heavy (non-hydrogen) atoms. The molecule has 0 bridgehead atoms. The Hall–Kier alpha value is -1.16. The van der Waals surface area contributed by atoms with Crippen molar-refractivity contribution in [2.24, 2.45) is 0 Å². The van der Waals surface area contributed by atoms with Gasteiger partial charge in [0.2, 0.25) is 0 Å². The largest absolute Gasteiger partial charge is 0.294 e. The molecule has 0 amide bonds. The first-order valence-corrected chi connectivity index (χ1v) is 8.07. The first-order valence-electron chi connectivity index (χ1n) is 5.99. The monoisotopic (exact) mass is 326 g/mol. The van der Waals surface area contributed by atoms with Crippen LogP contribution >= 0.6 is 23.2 Å². The molecule has 2 aromatic carbocycles. The zero-order valence-corrected chi connectivity index (χ0v) is 12.8. The Kier molecular flexibility index (Phi) is 5.35. The first kappa shape index (κ1) is 15.2. The number of carbonyl (C=O) groups is 1. The Balaban J connectivity index is 2.02. The lowest BCUT2D eigenvalue weighted by Crippen LogP contribution is -2.06. The van der Waals surface area contributed by atoms with Crippen LogP contribution in [0.15, 0.2) is 53.4 Å². The summed E-state index contributed by atoms with van der Waals surface area (Å²) < 4.78 is 12.2. The number of halogens is 2. The minimum atomic E-state index is -1.34. The third kappa shape index (κ3) is 3.92. The van der Waals surface area contributed by atoms with Gasteiger partial charge in [0.05, 0.1) is 20.7 Å². The van der Waals surface area contributed by atoms with E-state index < -0.39 is 10.8 Å². The van der Waals surface area contributed by atoms with Crippen LogP contribution in [0, 0.1) is 0 Å². The molecule has 0 saturated heterocycles. The molecule has 0 spiro atoms. The molecule has 0 fully saturated rings. The highest BCUT2D eigenvalue weighted by Gasteiger charge is 2.12. The van der Waals surface area contributed by atoms with Gasteiger partial charge in [-0.3, -0.25) is 9.00 Å². The highest BCUT2D eigenvalue weighted by atomic mass is 35.5. The van der Waals surface area contributed by atoms with Crippen LogP contribution in [0.25, 0.3) is 0 Å². The summed E-state index contributed by atoms with van der Waals surface area (Å²) in [7, 11) is -1.34. The van der Waals surface area contributed by atoms with Gasteiger partial charge in [-0.1, -0.05) is 53.5 Å². The van der Waals surface area contributed by atoms with Crippen LogP contribution < -0.4 is 0 Å². The first-order chi connectivity index (χ1) is 9.58. The van der Waals surface area contributed by atoms with Crippen molar-refractivity contribution in [1.29, 1.82) is 0 Å². The Labute approximate surface area is 130 Å². The second-order valence-corrected chi connectivity index (χ2v) is 6.55. The summed E-state index contributed by atoms with van der Waals surface area (Å²) in [6.45, 7) is 0. The van der Waals surface area contributed by atoms with E-state index in [9.17, 15) is 9.00 Å². The van der Waals surface area contributed by atoms with Gasteiger partial charge in [0.1, 0.15) is 0 Å². The van der Waals surface area contributed by atoms with Crippen LogP contribution in [0.3, 0.4) is 0 Å². The topological polar surface area (TPSA) is 34.1 Å². The molecule has 1 unspecified atom stereocenters. The Bertz CT molecular complexity index is 642. The molecule has 1 atom stereocenters. The molecule has 0 N–H and O–H groups in total. The van der Waals surface area contributed by atoms with E-state index in [4.69, 9.17) is 23.2 Å². The van der Waals surface area contributed by atoms with Crippen LogP contribution in [-0.4, -0.2) is 15.7 Å². The van der Waals surface area contributed by atoms with Crippen molar-refractivity contribution in [1.82, 2.24) is 0 Å². The molecule has 0 saturated carbocycles. The summed E-state index contributed by atoms with van der Waals surface area (Å²) in [5.41, 5.74) is 0.627. The fraction of sp³-hybridized carbons (Fsp3) is 0.133. The molecule has 5 heteroatoms. The van der Waals surface area contributed by atoms with Gasteiger partial charge in [-0.05, 0) is 18.2 Å². The molecular weight excluding hydrogens is 315 g/mol. The molecular formula is C15H12Cl2O2S. The van der Waals surface area contributed by atoms with Gasteiger partial charge >= 0.3 is 0 Å². The van der Waals surface area contributed by atoms with Crippen LogP contribution in [0.2, 0.25) is 10.0 Å². The third-order valence-corrected chi connectivity index (χ3v) is 4.83. The van der Waals surface area contributed by atoms with Crippen molar-refractivity contribution >= 4 is 39.8 Å². The van der Waals surface area contributed by atoms with Crippen LogP contribution in [0.5, 0.6) is 0 Å². The van der Waals surface area contributed by atoms with Crippen molar-refractivity contribution in [3.63, 3.8) is 0 Å². The summed E-state index contributed by atoms with van der Waals surface area (Å²) >= 11 is 11.8. The Morgan fingerprint density at radius 2 is 1.75 bits per heavy atom. The molecule has 0 aliphatic rings. The third-order valence-electron chi connectivity index (χ3n) is 2.75. The van der Waals surface area contributed by atoms with Crippen molar-refractivity contribution in [3.8, 4) is 0 Å². The molecule has 0 aliphatic carbocycles.